The summed E-state index contributed by atoms with van der Waals surface area (Å²) < 4.78 is 30.2. The molecule has 0 aromatic heterocycles. The van der Waals surface area contributed by atoms with E-state index < -0.39 is 9.84 Å². The Morgan fingerprint density at radius 1 is 1.00 bits per heavy atom. The largest absolute Gasteiger partial charge is 0.508 e. The second kappa shape index (κ2) is 5.77. The highest BCUT2D eigenvalue weighted by Crippen LogP contribution is 2.30. The molecule has 0 heterocycles. The van der Waals surface area contributed by atoms with Crippen molar-refractivity contribution in [2.75, 3.05) is 7.11 Å². The molecular formula is C16H18O4S. The molecule has 1 N–H and O–H groups in total. The number of methoxy groups -OCH3 is 1. The summed E-state index contributed by atoms with van der Waals surface area (Å²) >= 11 is 0. The lowest BCUT2D eigenvalue weighted by atomic mass is 10.0. The van der Waals surface area contributed by atoms with Gasteiger partial charge in [-0.2, -0.15) is 0 Å². The van der Waals surface area contributed by atoms with Gasteiger partial charge in [-0.1, -0.05) is 13.8 Å². The topological polar surface area (TPSA) is 63.6 Å². The molecule has 2 aromatic carbocycles. The van der Waals surface area contributed by atoms with Gasteiger partial charge >= 0.3 is 0 Å². The number of hydrogen-bond donors (Lipinski definition) is 1. The van der Waals surface area contributed by atoms with E-state index in [1.165, 1.54) is 37.4 Å². The van der Waals surface area contributed by atoms with E-state index in [9.17, 15) is 13.5 Å². The Morgan fingerprint density at radius 3 is 2.10 bits per heavy atom. The molecule has 2 aromatic rings. The van der Waals surface area contributed by atoms with Crippen molar-refractivity contribution in [1.82, 2.24) is 0 Å². The molecule has 0 unspecified atom stereocenters. The fraction of sp³-hybridized carbons (Fsp3) is 0.250. The van der Waals surface area contributed by atoms with Crippen molar-refractivity contribution in [1.29, 1.82) is 0 Å². The first-order valence-corrected chi connectivity index (χ1v) is 8.06. The van der Waals surface area contributed by atoms with Crippen LogP contribution in [0, 0.1) is 0 Å². The molecule has 2 rings (SSSR count). The zero-order valence-electron chi connectivity index (χ0n) is 12.2. The molecule has 0 saturated heterocycles. The van der Waals surface area contributed by atoms with E-state index in [4.69, 9.17) is 4.74 Å². The smallest absolute Gasteiger partial charge is 0.206 e. The highest BCUT2D eigenvalue weighted by Gasteiger charge is 2.20. The van der Waals surface area contributed by atoms with E-state index in [2.05, 4.69) is 0 Å². The third-order valence-electron chi connectivity index (χ3n) is 3.30. The van der Waals surface area contributed by atoms with Crippen LogP contribution in [-0.4, -0.2) is 20.6 Å². The van der Waals surface area contributed by atoms with Crippen LogP contribution in [0.4, 0.5) is 0 Å². The second-order valence-electron chi connectivity index (χ2n) is 5.05. The molecule has 0 radical (unpaired) electrons. The van der Waals surface area contributed by atoms with E-state index in [1.54, 1.807) is 12.1 Å². The van der Waals surface area contributed by atoms with Crippen LogP contribution in [0.5, 0.6) is 11.5 Å². The lowest BCUT2D eigenvalue weighted by Crippen LogP contribution is -2.03. The van der Waals surface area contributed by atoms with Gasteiger partial charge < -0.3 is 9.84 Å². The first-order valence-electron chi connectivity index (χ1n) is 6.58. The van der Waals surface area contributed by atoms with E-state index >= 15 is 0 Å². The molecule has 0 aliphatic heterocycles. The van der Waals surface area contributed by atoms with Gasteiger partial charge in [-0.15, -0.1) is 0 Å². The molecule has 0 amide bonds. The maximum Gasteiger partial charge on any atom is 0.206 e. The van der Waals surface area contributed by atoms with Crippen LogP contribution in [0.15, 0.2) is 52.3 Å². The second-order valence-corrected chi connectivity index (χ2v) is 7.00. The molecular weight excluding hydrogens is 288 g/mol. The number of phenols is 1. The van der Waals surface area contributed by atoms with E-state index in [0.717, 1.165) is 0 Å². The van der Waals surface area contributed by atoms with Crippen molar-refractivity contribution in [2.45, 2.75) is 29.6 Å². The lowest BCUT2D eigenvalue weighted by molar-refractivity contribution is 0.414. The Morgan fingerprint density at radius 2 is 1.57 bits per heavy atom. The molecule has 0 aliphatic rings. The third kappa shape index (κ3) is 3.03. The average Bonchev–Trinajstić information content (AvgIpc) is 2.47. The van der Waals surface area contributed by atoms with Gasteiger partial charge in [0.25, 0.3) is 0 Å². The van der Waals surface area contributed by atoms with Gasteiger partial charge in [0, 0.05) is 0 Å². The fourth-order valence-corrected chi connectivity index (χ4v) is 3.35. The van der Waals surface area contributed by atoms with Crippen molar-refractivity contribution in [3.05, 3.63) is 48.0 Å². The average molecular weight is 306 g/mol. The molecule has 0 fully saturated rings. The number of sulfone groups is 1. The first kappa shape index (κ1) is 15.4. The van der Waals surface area contributed by atoms with Crippen LogP contribution in [0.2, 0.25) is 0 Å². The number of aromatic hydroxyl groups is 1. The van der Waals surface area contributed by atoms with Crippen LogP contribution in [0.3, 0.4) is 0 Å². The Labute approximate surface area is 124 Å². The zero-order valence-corrected chi connectivity index (χ0v) is 13.0. The summed E-state index contributed by atoms with van der Waals surface area (Å²) in [4.78, 5) is 0.373. The molecule has 5 heteroatoms. The fourth-order valence-electron chi connectivity index (χ4n) is 2.05. The molecule has 0 atom stereocenters. The van der Waals surface area contributed by atoms with Crippen LogP contribution < -0.4 is 4.74 Å². The van der Waals surface area contributed by atoms with E-state index in [-0.39, 0.29) is 21.5 Å². The molecule has 112 valence electrons. The monoisotopic (exact) mass is 306 g/mol. The summed E-state index contributed by atoms with van der Waals surface area (Å²) in [5, 5.41) is 9.80. The van der Waals surface area contributed by atoms with Crippen molar-refractivity contribution in [3.8, 4) is 11.5 Å². The van der Waals surface area contributed by atoms with Crippen molar-refractivity contribution < 1.29 is 18.3 Å². The Balaban J connectivity index is 2.50. The van der Waals surface area contributed by atoms with Gasteiger partial charge in [0.05, 0.1) is 16.9 Å². The third-order valence-corrected chi connectivity index (χ3v) is 5.07. The van der Waals surface area contributed by atoms with Gasteiger partial charge in [0.1, 0.15) is 11.5 Å². The Bertz CT molecular complexity index is 731. The van der Waals surface area contributed by atoms with E-state index in [0.29, 0.717) is 11.3 Å². The minimum Gasteiger partial charge on any atom is -0.508 e. The van der Waals surface area contributed by atoms with Gasteiger partial charge in [0.15, 0.2) is 0 Å². The predicted octanol–water partition coefficient (Wildman–Crippen LogP) is 3.36. The number of ether oxygens (including phenoxy) is 1. The highest BCUT2D eigenvalue weighted by atomic mass is 32.2. The SMILES string of the molecule is COc1ccc(S(=O)(=O)c2ccc(O)c(C(C)C)c2)cc1. The molecule has 0 aliphatic carbocycles. The Kier molecular flexibility index (Phi) is 4.23. The molecule has 21 heavy (non-hydrogen) atoms. The normalized spacial score (nSPS) is 11.6. The van der Waals surface area contributed by atoms with Gasteiger partial charge in [-0.3, -0.25) is 0 Å². The highest BCUT2D eigenvalue weighted by molar-refractivity contribution is 7.91. The molecule has 0 bridgehead atoms. The maximum atomic E-state index is 12.6. The molecule has 0 saturated carbocycles. The van der Waals surface area contributed by atoms with Gasteiger partial charge in [0.2, 0.25) is 9.84 Å². The van der Waals surface area contributed by atoms with Gasteiger partial charge in [-0.05, 0) is 53.9 Å². The van der Waals surface area contributed by atoms with Crippen molar-refractivity contribution >= 4 is 9.84 Å². The zero-order chi connectivity index (χ0) is 15.6. The number of benzene rings is 2. The summed E-state index contributed by atoms with van der Waals surface area (Å²) in [5.41, 5.74) is 0.615. The minimum atomic E-state index is -3.60. The van der Waals surface area contributed by atoms with E-state index in [1.807, 2.05) is 13.8 Å². The van der Waals surface area contributed by atoms with Crippen LogP contribution in [0.1, 0.15) is 25.3 Å². The van der Waals surface area contributed by atoms with Crippen LogP contribution in [-0.2, 0) is 9.84 Å². The first-order chi connectivity index (χ1) is 9.86. The quantitative estimate of drug-likeness (QED) is 0.940. The number of rotatable bonds is 4. The minimum absolute atomic E-state index is 0.0380. The number of phenolic OH excluding ortho intramolecular Hbond substituents is 1. The summed E-state index contributed by atoms with van der Waals surface area (Å²) in [6, 6.07) is 10.6. The van der Waals surface area contributed by atoms with Crippen molar-refractivity contribution in [2.24, 2.45) is 0 Å². The summed E-state index contributed by atoms with van der Waals surface area (Å²) in [6.45, 7) is 3.80. The standard InChI is InChI=1S/C16H18O4S/c1-11(2)15-10-14(8-9-16(15)17)21(18,19)13-6-4-12(20-3)5-7-13/h4-11,17H,1-3H3. The molecule has 0 spiro atoms. The summed E-state index contributed by atoms with van der Waals surface area (Å²) in [6.07, 6.45) is 0. The lowest BCUT2D eigenvalue weighted by Gasteiger charge is -2.11. The number of hydrogen-bond acceptors (Lipinski definition) is 4. The summed E-state index contributed by atoms with van der Waals surface area (Å²) in [5.74, 6) is 0.747. The van der Waals surface area contributed by atoms with Crippen LogP contribution >= 0.6 is 0 Å². The Hall–Kier alpha value is -2.01. The molecule has 4 nitrogen and oxygen atoms in total. The van der Waals surface area contributed by atoms with Gasteiger partial charge in [-0.25, -0.2) is 8.42 Å². The van der Waals surface area contributed by atoms with Crippen molar-refractivity contribution in [3.63, 3.8) is 0 Å². The maximum absolute atomic E-state index is 12.6. The van der Waals surface area contributed by atoms with Crippen LogP contribution in [0.25, 0.3) is 0 Å². The summed E-state index contributed by atoms with van der Waals surface area (Å²) in [7, 11) is -2.08. The predicted molar refractivity (Wildman–Crippen MR) is 80.6 cm³/mol.